The summed E-state index contributed by atoms with van der Waals surface area (Å²) >= 11 is 0. The van der Waals surface area contributed by atoms with Crippen molar-refractivity contribution in [2.75, 3.05) is 39.3 Å². The van der Waals surface area contributed by atoms with Crippen LogP contribution in [0.5, 0.6) is 5.75 Å². The molecule has 0 amide bonds. The zero-order chi connectivity index (χ0) is 30.5. The molecule has 13 heteroatoms. The Morgan fingerprint density at radius 2 is 1.86 bits per heavy atom. The van der Waals surface area contributed by atoms with Crippen LogP contribution in [0.25, 0.3) is 22.3 Å². The van der Waals surface area contributed by atoms with Crippen LogP contribution in [0.15, 0.2) is 30.5 Å². The van der Waals surface area contributed by atoms with Crippen LogP contribution < -0.4 is 4.43 Å². The molecule has 1 unspecified atom stereocenters. The second kappa shape index (κ2) is 13.6. The number of ether oxygens (including phenoxy) is 3. The van der Waals surface area contributed by atoms with Gasteiger partial charge in [0.15, 0.2) is 6.23 Å². The third-order valence-electron chi connectivity index (χ3n) is 7.70. The van der Waals surface area contributed by atoms with E-state index >= 15 is 0 Å². The van der Waals surface area contributed by atoms with E-state index < -0.39 is 24.5 Å². The quantitative estimate of drug-likeness (QED) is 0.133. The predicted molar refractivity (Wildman–Crippen MR) is 165 cm³/mol. The van der Waals surface area contributed by atoms with Gasteiger partial charge in [-0.15, -0.1) is 0 Å². The molecule has 2 atom stereocenters. The molecule has 0 radical (unpaired) electrons. The number of fused-ring (bicyclic) bond motifs is 1. The molecule has 1 aromatic carbocycles. The van der Waals surface area contributed by atoms with Crippen molar-refractivity contribution in [1.29, 1.82) is 0 Å². The van der Waals surface area contributed by atoms with Gasteiger partial charge in [-0.2, -0.15) is 18.6 Å². The Morgan fingerprint density at radius 1 is 1.10 bits per heavy atom. The molecular weight excluding hydrogens is 576 g/mol. The summed E-state index contributed by atoms with van der Waals surface area (Å²) in [6.07, 6.45) is 5.43. The largest absolute Gasteiger partial charge is 0.543 e. The third kappa shape index (κ3) is 8.63. The Bertz CT molecular complexity index is 1430. The lowest BCUT2D eigenvalue weighted by molar-refractivity contribution is -0.0365. The second-order valence-electron chi connectivity index (χ2n) is 12.4. The van der Waals surface area contributed by atoms with Gasteiger partial charge in [0.05, 0.1) is 50.8 Å². The highest BCUT2D eigenvalue weighted by Crippen LogP contribution is 2.39. The molecule has 0 saturated carbocycles. The monoisotopic (exact) mass is 622 g/mol. The molecule has 1 fully saturated rings. The molecule has 1 aliphatic heterocycles. The maximum Gasteiger partial charge on any atom is 0.264 e. The Hall–Kier alpha value is -2.29. The van der Waals surface area contributed by atoms with Gasteiger partial charge in [-0.1, -0.05) is 20.8 Å². The number of aromatic nitrogens is 4. The Kier molecular flexibility index (Phi) is 10.5. The maximum atomic E-state index is 11.2. The van der Waals surface area contributed by atoms with E-state index in [1.807, 2.05) is 27.7 Å². The molecule has 3 aromatic rings. The molecular formula is C29H46N4O7SSi. The molecule has 0 aliphatic carbocycles. The fourth-order valence-electron chi connectivity index (χ4n) is 4.52. The number of benzene rings is 1. The van der Waals surface area contributed by atoms with Crippen molar-refractivity contribution in [2.45, 2.75) is 84.0 Å². The summed E-state index contributed by atoms with van der Waals surface area (Å²) in [5.74, 6) is 0.854. The Labute approximate surface area is 250 Å². The van der Waals surface area contributed by atoms with E-state index in [-0.39, 0.29) is 17.9 Å². The van der Waals surface area contributed by atoms with Gasteiger partial charge >= 0.3 is 0 Å². The lowest BCUT2D eigenvalue weighted by Crippen LogP contribution is -2.43. The molecule has 1 saturated heterocycles. The topological polar surface area (TPSA) is 116 Å². The summed E-state index contributed by atoms with van der Waals surface area (Å²) in [5.41, 5.74) is 2.59. The van der Waals surface area contributed by atoms with Gasteiger partial charge in [0.2, 0.25) is 8.32 Å². The third-order valence-corrected chi connectivity index (χ3v) is 12.7. The maximum absolute atomic E-state index is 11.2. The van der Waals surface area contributed by atoms with Crippen molar-refractivity contribution < 1.29 is 31.2 Å². The number of nitrogens with zero attached hydrogens (tertiary/aromatic N) is 4. The molecule has 2 aromatic heterocycles. The molecule has 0 spiro atoms. The second-order valence-corrected chi connectivity index (χ2v) is 18.7. The van der Waals surface area contributed by atoms with Gasteiger partial charge in [0, 0.05) is 18.2 Å². The van der Waals surface area contributed by atoms with Crippen molar-refractivity contribution in [3.63, 3.8) is 0 Å². The summed E-state index contributed by atoms with van der Waals surface area (Å²) in [7, 11) is -5.51. The molecule has 0 N–H and O–H groups in total. The average Bonchev–Trinajstić information content (AvgIpc) is 3.51. The van der Waals surface area contributed by atoms with Crippen LogP contribution in [0, 0.1) is 0 Å². The molecule has 1 aliphatic rings. The van der Waals surface area contributed by atoms with Gasteiger partial charge in [0.1, 0.15) is 17.1 Å². The lowest BCUT2D eigenvalue weighted by Gasteiger charge is -2.36. The highest BCUT2D eigenvalue weighted by molar-refractivity contribution is 7.86. The van der Waals surface area contributed by atoms with Gasteiger partial charge in [-0.25, -0.2) is 4.68 Å². The van der Waals surface area contributed by atoms with Crippen LogP contribution in [0.4, 0.5) is 0 Å². The molecule has 4 rings (SSSR count). The van der Waals surface area contributed by atoms with Crippen molar-refractivity contribution >= 4 is 29.3 Å². The zero-order valence-corrected chi connectivity index (χ0v) is 27.8. The first kappa shape index (κ1) is 32.6. The van der Waals surface area contributed by atoms with Crippen LogP contribution >= 0.6 is 0 Å². The van der Waals surface area contributed by atoms with Crippen molar-refractivity contribution in [1.82, 2.24) is 19.6 Å². The summed E-state index contributed by atoms with van der Waals surface area (Å²) < 4.78 is 54.9. The fourth-order valence-corrected chi connectivity index (χ4v) is 6.20. The highest BCUT2D eigenvalue weighted by atomic mass is 32.2. The van der Waals surface area contributed by atoms with E-state index in [1.54, 1.807) is 6.92 Å². The predicted octanol–water partition coefficient (Wildman–Crippen LogP) is 5.38. The first-order valence-corrected chi connectivity index (χ1v) is 19.4. The normalized spacial score (nSPS) is 17.5. The molecule has 3 heterocycles. The van der Waals surface area contributed by atoms with E-state index in [9.17, 15) is 8.42 Å². The van der Waals surface area contributed by atoms with E-state index in [4.69, 9.17) is 33.0 Å². The number of hydrogen-bond acceptors (Lipinski definition) is 9. The van der Waals surface area contributed by atoms with Crippen LogP contribution in [0.2, 0.25) is 18.1 Å². The van der Waals surface area contributed by atoms with E-state index in [2.05, 4.69) is 46.0 Å². The summed E-state index contributed by atoms with van der Waals surface area (Å²) in [4.78, 5) is 0. The Morgan fingerprint density at radius 3 is 2.55 bits per heavy atom. The van der Waals surface area contributed by atoms with Crippen LogP contribution in [0.1, 0.15) is 53.2 Å². The minimum atomic E-state index is -3.49. The van der Waals surface area contributed by atoms with Crippen molar-refractivity contribution in [3.8, 4) is 17.1 Å². The van der Waals surface area contributed by atoms with Gasteiger partial charge < -0.3 is 18.6 Å². The zero-order valence-electron chi connectivity index (χ0n) is 26.0. The molecule has 11 nitrogen and oxygen atoms in total. The SMILES string of the molecule is C[C@@H](COCCOCCn1ccc(-c2nn(C3CCCCO3)c3ccc(O[Si](C)(C)C(C)(C)C)cc23)n1)OS(C)(=O)=O. The number of hydrogen-bond donors (Lipinski definition) is 0. The van der Waals surface area contributed by atoms with E-state index in [0.717, 1.165) is 60.2 Å². The van der Waals surface area contributed by atoms with Crippen LogP contribution in [0.3, 0.4) is 0 Å². The van der Waals surface area contributed by atoms with Crippen molar-refractivity contribution in [2.24, 2.45) is 0 Å². The summed E-state index contributed by atoms with van der Waals surface area (Å²) in [6, 6.07) is 8.21. The first-order chi connectivity index (χ1) is 19.7. The highest BCUT2D eigenvalue weighted by Gasteiger charge is 2.39. The first-order valence-electron chi connectivity index (χ1n) is 14.6. The molecule has 0 bridgehead atoms. The fraction of sp³-hybridized carbons (Fsp3) is 0.655. The van der Waals surface area contributed by atoms with Crippen LogP contribution in [-0.2, 0) is 35.1 Å². The van der Waals surface area contributed by atoms with Crippen LogP contribution in [-0.4, -0.2) is 81.7 Å². The molecule has 234 valence electrons. The number of rotatable bonds is 14. The smallest absolute Gasteiger partial charge is 0.264 e. The molecule has 42 heavy (non-hydrogen) atoms. The minimum absolute atomic E-state index is 0.0863. The van der Waals surface area contributed by atoms with Gasteiger partial charge in [-0.05, 0) is 68.6 Å². The van der Waals surface area contributed by atoms with Gasteiger partial charge in [-0.3, -0.25) is 8.86 Å². The standard InChI is InChI=1S/C29H46N4O7SSi/c1-22(39-41(5,34)35)21-37-19-18-36-17-15-32-14-13-25(30-32)28-24-20-23(40-42(6,7)29(2,3)4)11-12-26(24)33(31-28)27-10-8-9-16-38-27/h11-14,20,22,27H,8-10,15-19,21H2,1-7H3/t22-,27?/m0/s1. The van der Waals surface area contributed by atoms with Gasteiger partial charge in [0.25, 0.3) is 10.1 Å². The summed E-state index contributed by atoms with van der Waals surface area (Å²) in [6.45, 7) is 15.5. The average molecular weight is 623 g/mol. The van der Waals surface area contributed by atoms with Crippen molar-refractivity contribution in [3.05, 3.63) is 30.5 Å². The minimum Gasteiger partial charge on any atom is -0.543 e. The van der Waals surface area contributed by atoms with E-state index in [0.29, 0.717) is 26.4 Å². The Balaban J connectivity index is 1.43. The summed E-state index contributed by atoms with van der Waals surface area (Å²) in [5, 5.41) is 10.9. The van der Waals surface area contributed by atoms with E-state index in [1.165, 1.54) is 0 Å². The lowest BCUT2D eigenvalue weighted by atomic mass is 10.1.